The molecule has 0 aliphatic heterocycles. The van der Waals surface area contributed by atoms with Crippen molar-refractivity contribution in [1.29, 1.82) is 0 Å². The molecule has 1 aromatic rings. The molecule has 1 heterocycles. The van der Waals surface area contributed by atoms with Gasteiger partial charge in [-0.15, -0.1) is 0 Å². The van der Waals surface area contributed by atoms with Crippen molar-refractivity contribution >= 4 is 5.91 Å². The number of hydrogen-bond donors (Lipinski definition) is 3. The van der Waals surface area contributed by atoms with Crippen LogP contribution < -0.4 is 5.32 Å². The molecule has 0 aromatic carbocycles. The average molecular weight is 240 g/mol. The highest BCUT2D eigenvalue weighted by Crippen LogP contribution is 2.08. The molecule has 94 valence electrons. The van der Waals surface area contributed by atoms with Gasteiger partial charge in [-0.25, -0.2) is 0 Å². The van der Waals surface area contributed by atoms with E-state index in [0.717, 1.165) is 0 Å². The van der Waals surface area contributed by atoms with Gasteiger partial charge in [0.2, 0.25) is 0 Å². The summed E-state index contributed by atoms with van der Waals surface area (Å²) in [5, 5.41) is 20.7. The Kier molecular flexibility index (Phi) is 5.38. The lowest BCUT2D eigenvalue weighted by atomic mass is 10.2. The second-order valence-electron chi connectivity index (χ2n) is 3.57. The van der Waals surface area contributed by atoms with Crippen molar-refractivity contribution in [2.45, 2.75) is 12.5 Å². The van der Waals surface area contributed by atoms with Crippen molar-refractivity contribution in [3.63, 3.8) is 0 Å². The van der Waals surface area contributed by atoms with Gasteiger partial charge >= 0.3 is 0 Å². The summed E-state index contributed by atoms with van der Waals surface area (Å²) in [5.41, 5.74) is 0.268. The molecule has 3 N–H and O–H groups in total. The first-order valence-electron chi connectivity index (χ1n) is 5.22. The van der Waals surface area contributed by atoms with E-state index in [1.165, 1.54) is 25.6 Å². The van der Waals surface area contributed by atoms with E-state index in [4.69, 9.17) is 9.84 Å². The van der Waals surface area contributed by atoms with Gasteiger partial charge in [-0.2, -0.15) is 0 Å². The fraction of sp³-hybridized carbons (Fsp3) is 0.455. The van der Waals surface area contributed by atoms with Crippen molar-refractivity contribution in [3.05, 3.63) is 24.0 Å². The molecular formula is C11H16N2O4. The molecule has 0 aliphatic rings. The standard InChI is InChI=1S/C11H16N2O4/c1-17-7-9(2-3-14)13-11(16)8-4-10(15)6-12-5-8/h4-6,9,14-15H,2-3,7H2,1H3,(H,13,16). The maximum absolute atomic E-state index is 11.8. The zero-order valence-electron chi connectivity index (χ0n) is 9.59. The summed E-state index contributed by atoms with van der Waals surface area (Å²) in [6, 6.07) is 1.06. The molecule has 1 aromatic heterocycles. The first-order chi connectivity index (χ1) is 8.17. The minimum Gasteiger partial charge on any atom is -0.506 e. The third-order valence-electron chi connectivity index (χ3n) is 2.17. The van der Waals surface area contributed by atoms with E-state index in [1.54, 1.807) is 0 Å². The number of amides is 1. The summed E-state index contributed by atoms with van der Waals surface area (Å²) in [7, 11) is 1.52. The second kappa shape index (κ2) is 6.82. The Morgan fingerprint density at radius 3 is 2.94 bits per heavy atom. The summed E-state index contributed by atoms with van der Waals surface area (Å²) in [6.45, 7) is 0.283. The van der Waals surface area contributed by atoms with Crippen molar-refractivity contribution in [3.8, 4) is 5.75 Å². The molecule has 0 saturated carbocycles. The summed E-state index contributed by atoms with van der Waals surface area (Å²) in [4.78, 5) is 15.5. The van der Waals surface area contributed by atoms with E-state index < -0.39 is 0 Å². The molecule has 1 rings (SSSR count). The van der Waals surface area contributed by atoms with E-state index in [9.17, 15) is 9.90 Å². The Balaban J connectivity index is 2.63. The number of aliphatic hydroxyl groups excluding tert-OH is 1. The molecule has 6 nitrogen and oxygen atoms in total. The average Bonchev–Trinajstić information content (AvgIpc) is 2.29. The van der Waals surface area contributed by atoms with Crippen LogP contribution in [0.3, 0.4) is 0 Å². The Morgan fingerprint density at radius 1 is 1.59 bits per heavy atom. The Morgan fingerprint density at radius 2 is 2.35 bits per heavy atom. The fourth-order valence-electron chi connectivity index (χ4n) is 1.37. The number of methoxy groups -OCH3 is 1. The van der Waals surface area contributed by atoms with Crippen LogP contribution in [-0.2, 0) is 4.74 Å². The van der Waals surface area contributed by atoms with Crippen LogP contribution in [0, 0.1) is 0 Å². The van der Waals surface area contributed by atoms with E-state index >= 15 is 0 Å². The van der Waals surface area contributed by atoms with Crippen LogP contribution in [0.25, 0.3) is 0 Å². The fourth-order valence-corrected chi connectivity index (χ4v) is 1.37. The first-order valence-corrected chi connectivity index (χ1v) is 5.22. The quantitative estimate of drug-likeness (QED) is 0.646. The van der Waals surface area contributed by atoms with Crippen molar-refractivity contribution in [1.82, 2.24) is 10.3 Å². The number of aromatic nitrogens is 1. The normalized spacial score (nSPS) is 12.1. The predicted octanol–water partition coefficient (Wildman–Crippen LogP) is -0.0856. The van der Waals surface area contributed by atoms with Crippen LogP contribution in [0.5, 0.6) is 5.75 Å². The van der Waals surface area contributed by atoms with E-state index in [0.29, 0.717) is 13.0 Å². The zero-order chi connectivity index (χ0) is 12.7. The van der Waals surface area contributed by atoms with Gasteiger partial charge in [0.05, 0.1) is 24.4 Å². The van der Waals surface area contributed by atoms with Crippen LogP contribution in [0.2, 0.25) is 0 Å². The number of carbonyl (C=O) groups is 1. The minimum absolute atomic E-state index is 0.0351. The number of nitrogens with one attached hydrogen (secondary N) is 1. The van der Waals surface area contributed by atoms with E-state index in [1.807, 2.05) is 0 Å². The lowest BCUT2D eigenvalue weighted by Crippen LogP contribution is -2.38. The van der Waals surface area contributed by atoms with Gasteiger partial charge < -0.3 is 20.3 Å². The third kappa shape index (κ3) is 4.38. The maximum Gasteiger partial charge on any atom is 0.253 e. The topological polar surface area (TPSA) is 91.7 Å². The highest BCUT2D eigenvalue weighted by atomic mass is 16.5. The van der Waals surface area contributed by atoms with Gasteiger partial charge in [0.1, 0.15) is 5.75 Å². The van der Waals surface area contributed by atoms with Gasteiger partial charge in [0.25, 0.3) is 5.91 Å². The number of pyridine rings is 1. The van der Waals surface area contributed by atoms with Crippen molar-refractivity contribution in [2.75, 3.05) is 20.3 Å². The molecule has 0 fully saturated rings. The number of aliphatic hydroxyl groups is 1. The monoisotopic (exact) mass is 240 g/mol. The van der Waals surface area contributed by atoms with Crippen molar-refractivity contribution < 1.29 is 19.7 Å². The third-order valence-corrected chi connectivity index (χ3v) is 2.17. The van der Waals surface area contributed by atoms with Gasteiger partial charge in [0.15, 0.2) is 0 Å². The van der Waals surface area contributed by atoms with Gasteiger partial charge in [-0.3, -0.25) is 9.78 Å². The molecule has 0 radical (unpaired) electrons. The molecule has 0 saturated heterocycles. The Labute approximate surface area is 99.3 Å². The number of hydrogen-bond acceptors (Lipinski definition) is 5. The molecule has 17 heavy (non-hydrogen) atoms. The lowest BCUT2D eigenvalue weighted by molar-refractivity contribution is 0.0878. The Hall–Kier alpha value is -1.66. The van der Waals surface area contributed by atoms with Crippen LogP contribution in [0.1, 0.15) is 16.8 Å². The summed E-state index contributed by atoms with van der Waals surface area (Å²) >= 11 is 0. The maximum atomic E-state index is 11.8. The molecule has 1 atom stereocenters. The highest BCUT2D eigenvalue weighted by Gasteiger charge is 2.13. The number of ether oxygens (including phenoxy) is 1. The molecule has 0 aliphatic carbocycles. The molecule has 0 bridgehead atoms. The Bertz CT molecular complexity index is 364. The summed E-state index contributed by atoms with van der Waals surface area (Å²) in [5.74, 6) is -0.424. The van der Waals surface area contributed by atoms with Crippen LogP contribution in [0.4, 0.5) is 0 Å². The van der Waals surface area contributed by atoms with E-state index in [-0.39, 0.29) is 29.9 Å². The van der Waals surface area contributed by atoms with Gasteiger partial charge in [-0.05, 0) is 12.5 Å². The largest absolute Gasteiger partial charge is 0.506 e. The predicted molar refractivity (Wildman–Crippen MR) is 60.7 cm³/mol. The molecular weight excluding hydrogens is 224 g/mol. The van der Waals surface area contributed by atoms with Crippen LogP contribution in [0.15, 0.2) is 18.5 Å². The van der Waals surface area contributed by atoms with Gasteiger partial charge in [0, 0.05) is 19.9 Å². The van der Waals surface area contributed by atoms with Crippen LogP contribution in [-0.4, -0.2) is 47.5 Å². The van der Waals surface area contributed by atoms with E-state index in [2.05, 4.69) is 10.3 Å². The van der Waals surface area contributed by atoms with Crippen LogP contribution >= 0.6 is 0 Å². The second-order valence-corrected chi connectivity index (χ2v) is 3.57. The minimum atomic E-state index is -0.357. The smallest absolute Gasteiger partial charge is 0.253 e. The number of aromatic hydroxyl groups is 1. The summed E-state index contributed by atoms with van der Waals surface area (Å²) in [6.07, 6.45) is 3.01. The molecule has 0 spiro atoms. The number of nitrogens with zero attached hydrogens (tertiary/aromatic N) is 1. The number of carbonyl (C=O) groups excluding carboxylic acids is 1. The number of rotatable bonds is 6. The SMILES string of the molecule is COCC(CCO)NC(=O)c1cncc(O)c1. The highest BCUT2D eigenvalue weighted by molar-refractivity contribution is 5.94. The molecule has 1 amide bonds. The molecule has 1 unspecified atom stereocenters. The molecule has 6 heteroatoms. The zero-order valence-corrected chi connectivity index (χ0v) is 9.59. The summed E-state index contributed by atoms with van der Waals surface area (Å²) < 4.78 is 4.93. The van der Waals surface area contributed by atoms with Gasteiger partial charge in [-0.1, -0.05) is 0 Å². The lowest BCUT2D eigenvalue weighted by Gasteiger charge is -2.16. The first kappa shape index (κ1) is 13.4. The van der Waals surface area contributed by atoms with Crippen molar-refractivity contribution in [2.24, 2.45) is 0 Å².